The van der Waals surface area contributed by atoms with Crippen LogP contribution in [0.1, 0.15) is 13.8 Å². The molecule has 0 atom stereocenters. The average molecular weight is 158 g/mol. The van der Waals surface area contributed by atoms with Crippen LogP contribution in [0.3, 0.4) is 0 Å². The third kappa shape index (κ3) is 7.76. The van der Waals surface area contributed by atoms with Crippen LogP contribution in [0.15, 0.2) is 12.0 Å². The molecule has 0 unspecified atom stereocenters. The Morgan fingerprint density at radius 2 is 2.00 bits per heavy atom. The summed E-state index contributed by atoms with van der Waals surface area (Å²) in [6, 6.07) is 0. The Hall–Kier alpha value is -0.243. The first-order valence-electron chi connectivity index (χ1n) is 3.91. The van der Waals surface area contributed by atoms with Crippen molar-refractivity contribution in [2.24, 2.45) is 5.92 Å². The summed E-state index contributed by atoms with van der Waals surface area (Å²) >= 11 is 0. The number of hydrogen-bond donors (Lipinski definition) is 0. The Kier molecular flexibility index (Phi) is 5.40. The number of rotatable bonds is 4. The van der Waals surface area contributed by atoms with Crippen molar-refractivity contribution in [1.82, 2.24) is 0 Å². The van der Waals surface area contributed by atoms with E-state index in [9.17, 15) is 0 Å². The Morgan fingerprint density at radius 3 is 2.40 bits per heavy atom. The van der Waals surface area contributed by atoms with Gasteiger partial charge in [0.15, 0.2) is 0 Å². The highest BCUT2D eigenvalue weighted by molar-refractivity contribution is 6.61. The van der Waals surface area contributed by atoms with Gasteiger partial charge in [-0.05, 0) is 5.92 Å². The summed E-state index contributed by atoms with van der Waals surface area (Å²) in [5.74, 6) is 0.637. The third-order valence-electron chi connectivity index (χ3n) is 0.989. The second-order valence-electron chi connectivity index (χ2n) is 3.30. The minimum Gasteiger partial charge on any atom is -0.502 e. The maximum absolute atomic E-state index is 5.26. The summed E-state index contributed by atoms with van der Waals surface area (Å²) in [5.41, 5.74) is 2.20. The van der Waals surface area contributed by atoms with Crippen molar-refractivity contribution in [3.8, 4) is 0 Å². The largest absolute Gasteiger partial charge is 0.502 e. The van der Waals surface area contributed by atoms with Crippen LogP contribution in [-0.2, 0) is 4.74 Å². The van der Waals surface area contributed by atoms with Crippen LogP contribution in [0.2, 0.25) is 13.1 Å². The predicted octanol–water partition coefficient (Wildman–Crippen LogP) is 2.20. The van der Waals surface area contributed by atoms with Crippen LogP contribution < -0.4 is 0 Å². The molecule has 2 heteroatoms. The van der Waals surface area contributed by atoms with Gasteiger partial charge >= 0.3 is 0 Å². The molecule has 0 rings (SSSR count). The summed E-state index contributed by atoms with van der Waals surface area (Å²) < 4.78 is 5.26. The molecule has 0 aromatic carbocycles. The smallest absolute Gasteiger partial charge is 0.0895 e. The molecule has 0 saturated heterocycles. The zero-order valence-corrected chi connectivity index (χ0v) is 8.58. The summed E-state index contributed by atoms with van der Waals surface area (Å²) in [6.45, 7) is 9.70. The van der Waals surface area contributed by atoms with Crippen LogP contribution >= 0.6 is 0 Å². The first-order valence-corrected chi connectivity index (χ1v) is 6.88. The molecule has 0 spiro atoms. The van der Waals surface area contributed by atoms with Crippen molar-refractivity contribution in [2.45, 2.75) is 26.9 Å². The molecule has 0 aliphatic heterocycles. The molecule has 0 amide bonds. The average Bonchev–Trinajstić information content (AvgIpc) is 1.79. The molecule has 0 aliphatic carbocycles. The summed E-state index contributed by atoms with van der Waals surface area (Å²) in [6.07, 6.45) is 1.86. The van der Waals surface area contributed by atoms with Crippen LogP contribution in [0.25, 0.3) is 0 Å². The normalized spacial score (nSPS) is 11.8. The van der Waals surface area contributed by atoms with E-state index in [4.69, 9.17) is 4.74 Å². The summed E-state index contributed by atoms with van der Waals surface area (Å²) in [4.78, 5) is 0. The van der Waals surface area contributed by atoms with Gasteiger partial charge in [0.25, 0.3) is 0 Å². The van der Waals surface area contributed by atoms with Gasteiger partial charge in [-0.1, -0.05) is 32.6 Å². The van der Waals surface area contributed by atoms with Gasteiger partial charge in [-0.2, -0.15) is 0 Å². The SMILES string of the molecule is CC(C)COC=C[SiH](C)C. The van der Waals surface area contributed by atoms with Crippen LogP contribution in [0.5, 0.6) is 0 Å². The van der Waals surface area contributed by atoms with E-state index in [2.05, 4.69) is 32.6 Å². The lowest BCUT2D eigenvalue weighted by Gasteiger charge is -2.02. The van der Waals surface area contributed by atoms with Gasteiger partial charge in [-0.25, -0.2) is 0 Å². The van der Waals surface area contributed by atoms with Gasteiger partial charge in [0.2, 0.25) is 0 Å². The summed E-state index contributed by atoms with van der Waals surface area (Å²) in [7, 11) is -0.539. The molecule has 0 N–H and O–H groups in total. The Bertz CT molecular complexity index is 97.4. The first-order chi connectivity index (χ1) is 4.63. The molecule has 0 fully saturated rings. The molecule has 0 aromatic rings. The molecular formula is C8H18OSi. The van der Waals surface area contributed by atoms with E-state index in [1.54, 1.807) is 0 Å². The molecule has 0 radical (unpaired) electrons. The van der Waals surface area contributed by atoms with E-state index in [1.807, 2.05) is 6.26 Å². The van der Waals surface area contributed by atoms with Gasteiger partial charge in [0, 0.05) is 0 Å². The van der Waals surface area contributed by atoms with E-state index in [-0.39, 0.29) is 0 Å². The topological polar surface area (TPSA) is 9.23 Å². The molecule has 0 bridgehead atoms. The molecule has 1 nitrogen and oxygen atoms in total. The highest BCUT2D eigenvalue weighted by Crippen LogP contribution is 1.93. The zero-order valence-electron chi connectivity index (χ0n) is 7.42. The third-order valence-corrected chi connectivity index (χ3v) is 1.92. The molecule has 0 saturated carbocycles. The Labute approximate surface area is 65.7 Å². The fraction of sp³-hybridized carbons (Fsp3) is 0.750. The van der Waals surface area contributed by atoms with E-state index in [0.29, 0.717) is 5.92 Å². The maximum atomic E-state index is 5.26. The molecule has 0 heterocycles. The van der Waals surface area contributed by atoms with Gasteiger partial charge in [-0.3, -0.25) is 0 Å². The monoisotopic (exact) mass is 158 g/mol. The molecule has 60 valence electrons. The highest BCUT2D eigenvalue weighted by Gasteiger charge is 1.90. The number of hydrogen-bond acceptors (Lipinski definition) is 1. The zero-order chi connectivity index (χ0) is 7.98. The quantitative estimate of drug-likeness (QED) is 0.450. The van der Waals surface area contributed by atoms with Crippen molar-refractivity contribution in [3.05, 3.63) is 12.0 Å². The van der Waals surface area contributed by atoms with E-state index in [0.717, 1.165) is 6.61 Å². The van der Waals surface area contributed by atoms with Gasteiger partial charge in [0.05, 0.1) is 21.7 Å². The standard InChI is InChI=1S/C8H18OSi/c1-8(2)7-9-5-6-10(3)4/h5-6,8,10H,7H2,1-4H3. The maximum Gasteiger partial charge on any atom is 0.0895 e. The minimum atomic E-state index is -0.539. The second-order valence-corrected chi connectivity index (χ2v) is 6.17. The van der Waals surface area contributed by atoms with Gasteiger partial charge < -0.3 is 4.74 Å². The molecule has 0 aromatic heterocycles. The van der Waals surface area contributed by atoms with E-state index < -0.39 is 8.80 Å². The lowest BCUT2D eigenvalue weighted by atomic mass is 10.2. The fourth-order valence-electron chi connectivity index (χ4n) is 0.461. The van der Waals surface area contributed by atoms with E-state index >= 15 is 0 Å². The fourth-order valence-corrected chi connectivity index (χ4v) is 0.886. The highest BCUT2D eigenvalue weighted by atomic mass is 28.3. The Morgan fingerprint density at radius 1 is 1.40 bits per heavy atom. The second kappa shape index (κ2) is 5.53. The lowest BCUT2D eigenvalue weighted by Crippen LogP contribution is -1.98. The predicted molar refractivity (Wildman–Crippen MR) is 48.8 cm³/mol. The van der Waals surface area contributed by atoms with Crippen molar-refractivity contribution in [2.75, 3.05) is 6.61 Å². The van der Waals surface area contributed by atoms with E-state index in [1.165, 1.54) is 0 Å². The first kappa shape index (κ1) is 9.76. The lowest BCUT2D eigenvalue weighted by molar-refractivity contribution is 0.212. The summed E-state index contributed by atoms with van der Waals surface area (Å²) in [5, 5.41) is 0. The van der Waals surface area contributed by atoms with Gasteiger partial charge in [0.1, 0.15) is 0 Å². The Balaban J connectivity index is 3.19. The molecule has 0 aliphatic rings. The van der Waals surface area contributed by atoms with Crippen LogP contribution in [0.4, 0.5) is 0 Å². The van der Waals surface area contributed by atoms with Crippen molar-refractivity contribution >= 4 is 8.80 Å². The molecule has 10 heavy (non-hydrogen) atoms. The minimum absolute atomic E-state index is 0.539. The van der Waals surface area contributed by atoms with Crippen LogP contribution in [0, 0.1) is 5.92 Å². The molecular weight excluding hydrogens is 140 g/mol. The van der Waals surface area contributed by atoms with Crippen molar-refractivity contribution in [3.63, 3.8) is 0 Å². The van der Waals surface area contributed by atoms with Crippen molar-refractivity contribution in [1.29, 1.82) is 0 Å². The van der Waals surface area contributed by atoms with Gasteiger partial charge in [-0.15, -0.1) is 0 Å². The van der Waals surface area contributed by atoms with Crippen molar-refractivity contribution < 1.29 is 4.74 Å². The number of ether oxygens (including phenoxy) is 1. The van der Waals surface area contributed by atoms with Crippen LogP contribution in [-0.4, -0.2) is 15.4 Å².